The van der Waals surface area contributed by atoms with Crippen LogP contribution in [0.3, 0.4) is 0 Å². The Balaban J connectivity index is 2.06. The topological polar surface area (TPSA) is 130 Å². The molecule has 0 spiro atoms. The summed E-state index contributed by atoms with van der Waals surface area (Å²) in [5.41, 5.74) is -1.13. The van der Waals surface area contributed by atoms with E-state index in [1.54, 1.807) is 0 Å². The van der Waals surface area contributed by atoms with Gasteiger partial charge in [-0.05, 0) is 0 Å². The largest absolute Gasteiger partial charge is 0.387 e. The van der Waals surface area contributed by atoms with E-state index in [1.807, 2.05) is 0 Å². The molecular weight excluding hydrogens is 220 g/mol. The number of nitrogens with one attached hydrogen (secondary N) is 2. The van der Waals surface area contributed by atoms with Gasteiger partial charge in [0, 0.05) is 6.92 Å². The highest BCUT2D eigenvalue weighted by Gasteiger charge is 2.67. The SMILES string of the molecule is CC(=O)N[C@@]12N[C@H]1O[C@H](COO)[C@@H](O)[C@@H]2O. The Hall–Kier alpha value is -0.770. The van der Waals surface area contributed by atoms with Gasteiger partial charge in [-0.15, -0.1) is 0 Å². The zero-order chi connectivity index (χ0) is 11.9. The Morgan fingerprint density at radius 2 is 2.31 bits per heavy atom. The Labute approximate surface area is 91.1 Å². The summed E-state index contributed by atoms with van der Waals surface area (Å²) in [7, 11) is 0. The quantitative estimate of drug-likeness (QED) is 0.205. The van der Waals surface area contributed by atoms with Crippen molar-refractivity contribution in [1.29, 1.82) is 0 Å². The molecule has 0 aliphatic carbocycles. The van der Waals surface area contributed by atoms with Crippen molar-refractivity contribution >= 4 is 5.91 Å². The second-order valence-electron chi connectivity index (χ2n) is 3.98. The third kappa shape index (κ3) is 1.69. The first kappa shape index (κ1) is 11.7. The second-order valence-corrected chi connectivity index (χ2v) is 3.98. The molecule has 92 valence electrons. The van der Waals surface area contributed by atoms with Gasteiger partial charge in [0.1, 0.15) is 31.1 Å². The van der Waals surface area contributed by atoms with Crippen LogP contribution in [0.5, 0.6) is 0 Å². The average molecular weight is 234 g/mol. The van der Waals surface area contributed by atoms with E-state index in [-0.39, 0.29) is 12.5 Å². The van der Waals surface area contributed by atoms with Gasteiger partial charge in [0.15, 0.2) is 5.66 Å². The van der Waals surface area contributed by atoms with Gasteiger partial charge in [0.05, 0.1) is 0 Å². The molecule has 2 heterocycles. The van der Waals surface area contributed by atoms with Crippen LogP contribution in [-0.4, -0.2) is 58.2 Å². The molecule has 2 fully saturated rings. The number of fused-ring (bicyclic) bond motifs is 1. The third-order valence-corrected chi connectivity index (χ3v) is 2.80. The van der Waals surface area contributed by atoms with Crippen molar-refractivity contribution in [3.8, 4) is 0 Å². The van der Waals surface area contributed by atoms with Crippen LogP contribution in [0.15, 0.2) is 0 Å². The fourth-order valence-corrected chi connectivity index (χ4v) is 1.96. The fraction of sp³-hybridized carbons (Fsp3) is 0.875. The summed E-state index contributed by atoms with van der Waals surface area (Å²) in [4.78, 5) is 14.8. The summed E-state index contributed by atoms with van der Waals surface area (Å²) in [6.07, 6.45) is -3.92. The minimum absolute atomic E-state index is 0.257. The summed E-state index contributed by atoms with van der Waals surface area (Å²) >= 11 is 0. The highest BCUT2D eigenvalue weighted by atomic mass is 17.1. The van der Waals surface area contributed by atoms with Gasteiger partial charge >= 0.3 is 0 Å². The Kier molecular flexibility index (Phi) is 2.86. The standard InChI is InChI=1S/C8H14N2O6/c1-3(11)9-8-6(13)5(12)4(2-15-14)16-7(8)10-8/h4-7,10,12-14H,2H2,1H3,(H,9,11)/t4-,5-,6+,7+,8+/m1/s1. The van der Waals surface area contributed by atoms with Crippen molar-refractivity contribution in [3.63, 3.8) is 0 Å². The van der Waals surface area contributed by atoms with Gasteiger partial charge in [-0.25, -0.2) is 4.89 Å². The Bertz CT molecular complexity index is 300. The molecule has 0 saturated carbocycles. The van der Waals surface area contributed by atoms with E-state index in [0.29, 0.717) is 0 Å². The normalized spacial score (nSPS) is 46.0. The summed E-state index contributed by atoms with van der Waals surface area (Å²) in [5.74, 6) is -0.346. The van der Waals surface area contributed by atoms with Crippen molar-refractivity contribution in [1.82, 2.24) is 10.6 Å². The molecule has 0 aromatic rings. The van der Waals surface area contributed by atoms with Crippen molar-refractivity contribution in [2.75, 3.05) is 6.61 Å². The van der Waals surface area contributed by atoms with Gasteiger partial charge in [0.25, 0.3) is 0 Å². The maximum absolute atomic E-state index is 10.9. The van der Waals surface area contributed by atoms with Gasteiger partial charge in [0.2, 0.25) is 5.91 Å². The predicted molar refractivity (Wildman–Crippen MR) is 48.9 cm³/mol. The summed E-state index contributed by atoms with van der Waals surface area (Å²) in [5, 5.41) is 33.0. The van der Waals surface area contributed by atoms with Crippen molar-refractivity contribution in [3.05, 3.63) is 0 Å². The van der Waals surface area contributed by atoms with E-state index in [0.717, 1.165) is 0 Å². The predicted octanol–water partition coefficient (Wildman–Crippen LogP) is -2.64. The Morgan fingerprint density at radius 3 is 2.88 bits per heavy atom. The number of hydrogen-bond acceptors (Lipinski definition) is 7. The highest BCUT2D eigenvalue weighted by molar-refractivity contribution is 5.74. The minimum atomic E-state index is -1.26. The average Bonchev–Trinajstić information content (AvgIpc) is 2.88. The number of aliphatic hydroxyl groups excluding tert-OH is 2. The molecule has 1 amide bonds. The molecule has 5 N–H and O–H groups in total. The van der Waals surface area contributed by atoms with Crippen LogP contribution in [-0.2, 0) is 14.4 Å². The molecule has 0 aromatic carbocycles. The highest BCUT2D eigenvalue weighted by Crippen LogP contribution is 2.37. The molecule has 2 saturated heterocycles. The molecule has 2 aliphatic rings. The molecule has 0 unspecified atom stereocenters. The fourth-order valence-electron chi connectivity index (χ4n) is 1.96. The van der Waals surface area contributed by atoms with E-state index in [4.69, 9.17) is 9.99 Å². The number of carbonyl (C=O) groups is 1. The van der Waals surface area contributed by atoms with Crippen LogP contribution in [0, 0.1) is 0 Å². The van der Waals surface area contributed by atoms with Gasteiger partial charge in [-0.1, -0.05) is 0 Å². The van der Waals surface area contributed by atoms with Gasteiger partial charge < -0.3 is 20.3 Å². The number of hydrogen-bond donors (Lipinski definition) is 5. The van der Waals surface area contributed by atoms with E-state index < -0.39 is 30.2 Å². The van der Waals surface area contributed by atoms with E-state index >= 15 is 0 Å². The Morgan fingerprint density at radius 1 is 1.62 bits per heavy atom. The first-order valence-electron chi connectivity index (χ1n) is 4.85. The third-order valence-electron chi connectivity index (χ3n) is 2.80. The molecule has 0 bridgehead atoms. The first-order chi connectivity index (χ1) is 7.51. The van der Waals surface area contributed by atoms with Crippen LogP contribution in [0.2, 0.25) is 0 Å². The smallest absolute Gasteiger partial charge is 0.218 e. The molecule has 8 heteroatoms. The lowest BCUT2D eigenvalue weighted by molar-refractivity contribution is -0.279. The van der Waals surface area contributed by atoms with Crippen LogP contribution < -0.4 is 10.6 Å². The van der Waals surface area contributed by atoms with Crippen molar-refractivity contribution < 1.29 is 29.9 Å². The maximum Gasteiger partial charge on any atom is 0.218 e. The first-order valence-corrected chi connectivity index (χ1v) is 4.85. The number of ether oxygens (including phenoxy) is 1. The van der Waals surface area contributed by atoms with Crippen molar-refractivity contribution in [2.24, 2.45) is 0 Å². The lowest BCUT2D eigenvalue weighted by Gasteiger charge is -2.35. The van der Waals surface area contributed by atoms with E-state index in [1.165, 1.54) is 6.92 Å². The number of rotatable bonds is 3. The number of carbonyl (C=O) groups excluding carboxylic acids is 1. The van der Waals surface area contributed by atoms with Crippen LogP contribution >= 0.6 is 0 Å². The molecular formula is C8H14N2O6. The van der Waals surface area contributed by atoms with Gasteiger partial charge in [-0.3, -0.25) is 15.4 Å². The van der Waals surface area contributed by atoms with Gasteiger partial charge in [-0.2, -0.15) is 0 Å². The molecule has 0 radical (unpaired) electrons. The summed E-state index contributed by atoms with van der Waals surface area (Å²) < 4.78 is 5.27. The van der Waals surface area contributed by atoms with Crippen molar-refractivity contribution in [2.45, 2.75) is 37.1 Å². The molecule has 2 aliphatic heterocycles. The summed E-state index contributed by atoms with van der Waals surface area (Å²) in [6, 6.07) is 0. The molecule has 8 nitrogen and oxygen atoms in total. The number of aliphatic hydroxyl groups is 2. The molecule has 2 rings (SSSR count). The zero-order valence-electron chi connectivity index (χ0n) is 8.58. The maximum atomic E-state index is 10.9. The number of amides is 1. The second kappa shape index (κ2) is 3.91. The minimum Gasteiger partial charge on any atom is -0.387 e. The molecule has 0 aromatic heterocycles. The lowest BCUT2D eigenvalue weighted by atomic mass is 9.97. The van der Waals surface area contributed by atoms with E-state index in [9.17, 15) is 15.0 Å². The summed E-state index contributed by atoms with van der Waals surface area (Å²) in [6.45, 7) is 1.04. The van der Waals surface area contributed by atoms with E-state index in [2.05, 4.69) is 15.5 Å². The molecule has 5 atom stereocenters. The van der Waals surface area contributed by atoms with Crippen LogP contribution in [0.25, 0.3) is 0 Å². The van der Waals surface area contributed by atoms with Crippen LogP contribution in [0.4, 0.5) is 0 Å². The zero-order valence-corrected chi connectivity index (χ0v) is 8.58. The molecule has 16 heavy (non-hydrogen) atoms. The monoisotopic (exact) mass is 234 g/mol. The van der Waals surface area contributed by atoms with Crippen LogP contribution in [0.1, 0.15) is 6.92 Å². The lowest BCUT2D eigenvalue weighted by Crippen LogP contribution is -2.61.